The lowest BCUT2D eigenvalue weighted by Gasteiger charge is -2.07. The van der Waals surface area contributed by atoms with E-state index < -0.39 is 30.3 Å². The minimum Gasteiger partial charge on any atom is -0.457 e. The number of halogens is 1. The number of carbonyl (C=O) groups excluding carboxylic acids is 3. The highest BCUT2D eigenvalue weighted by molar-refractivity contribution is 5.97. The van der Waals surface area contributed by atoms with Crippen molar-refractivity contribution in [1.82, 2.24) is 5.32 Å². The number of ketones is 1. The molecule has 0 bridgehead atoms. The van der Waals surface area contributed by atoms with Gasteiger partial charge in [0.05, 0.1) is 6.42 Å². The first kappa shape index (κ1) is 18.1. The van der Waals surface area contributed by atoms with E-state index in [1.165, 1.54) is 12.1 Å². The molecule has 0 unspecified atom stereocenters. The van der Waals surface area contributed by atoms with Crippen molar-refractivity contribution in [2.24, 2.45) is 0 Å². The van der Waals surface area contributed by atoms with E-state index in [2.05, 4.69) is 5.32 Å². The van der Waals surface area contributed by atoms with Crippen molar-refractivity contribution >= 4 is 17.8 Å². The third-order valence-corrected chi connectivity index (χ3v) is 3.08. The maximum atomic E-state index is 12.8. The lowest BCUT2D eigenvalue weighted by Crippen LogP contribution is -2.29. The van der Waals surface area contributed by atoms with Gasteiger partial charge in [0.2, 0.25) is 0 Å². The smallest absolute Gasteiger partial charge is 0.412 e. The zero-order valence-corrected chi connectivity index (χ0v) is 13.2. The van der Waals surface area contributed by atoms with Gasteiger partial charge in [-0.2, -0.15) is 0 Å². The van der Waals surface area contributed by atoms with Crippen LogP contribution in [0.5, 0.6) is 5.75 Å². The maximum Gasteiger partial charge on any atom is 0.412 e. The van der Waals surface area contributed by atoms with Crippen LogP contribution in [-0.2, 0) is 9.53 Å². The lowest BCUT2D eigenvalue weighted by molar-refractivity contribution is -0.142. The molecule has 0 aliphatic carbocycles. The van der Waals surface area contributed by atoms with Gasteiger partial charge < -0.3 is 14.8 Å². The van der Waals surface area contributed by atoms with Crippen LogP contribution in [0.15, 0.2) is 54.6 Å². The minimum atomic E-state index is -0.693. The summed E-state index contributed by atoms with van der Waals surface area (Å²) in [6.45, 7) is -0.436. The molecule has 0 saturated carbocycles. The fraction of sp³-hybridized carbons (Fsp3) is 0.167. The van der Waals surface area contributed by atoms with E-state index in [1.54, 1.807) is 30.3 Å². The Morgan fingerprint density at radius 2 is 1.64 bits per heavy atom. The Kier molecular flexibility index (Phi) is 6.65. The van der Waals surface area contributed by atoms with Crippen molar-refractivity contribution in [2.45, 2.75) is 6.42 Å². The highest BCUT2D eigenvalue weighted by Gasteiger charge is 2.11. The number of benzene rings is 2. The van der Waals surface area contributed by atoms with Crippen LogP contribution in [-0.4, -0.2) is 31.0 Å². The Hall–Kier alpha value is -3.22. The predicted molar refractivity (Wildman–Crippen MR) is 86.8 cm³/mol. The van der Waals surface area contributed by atoms with Crippen molar-refractivity contribution in [3.05, 3.63) is 66.0 Å². The fourth-order valence-electron chi connectivity index (χ4n) is 1.84. The van der Waals surface area contributed by atoms with Gasteiger partial charge in [0.1, 0.15) is 11.6 Å². The summed E-state index contributed by atoms with van der Waals surface area (Å²) in [6, 6.07) is 13.4. The van der Waals surface area contributed by atoms with Gasteiger partial charge in [-0.15, -0.1) is 0 Å². The summed E-state index contributed by atoms with van der Waals surface area (Å²) in [5, 5.41) is 2.40. The van der Waals surface area contributed by atoms with Crippen molar-refractivity contribution in [2.75, 3.05) is 13.2 Å². The monoisotopic (exact) mass is 345 g/mol. The zero-order valence-electron chi connectivity index (χ0n) is 13.2. The number of carbonyl (C=O) groups is 3. The highest BCUT2D eigenvalue weighted by Crippen LogP contribution is 2.08. The molecule has 7 heteroatoms. The number of nitrogens with one attached hydrogen (secondary N) is 1. The zero-order chi connectivity index (χ0) is 18.1. The summed E-state index contributed by atoms with van der Waals surface area (Å²) >= 11 is 0. The topological polar surface area (TPSA) is 81.7 Å². The molecule has 130 valence electrons. The molecule has 2 rings (SSSR count). The molecule has 0 spiro atoms. The van der Waals surface area contributed by atoms with Crippen molar-refractivity contribution in [3.63, 3.8) is 0 Å². The molecule has 2 aromatic carbocycles. The van der Waals surface area contributed by atoms with Gasteiger partial charge in [0.15, 0.2) is 12.4 Å². The van der Waals surface area contributed by atoms with Gasteiger partial charge in [-0.1, -0.05) is 18.2 Å². The molecule has 6 nitrogen and oxygen atoms in total. The number of para-hydroxylation sites is 1. The Morgan fingerprint density at radius 3 is 2.32 bits per heavy atom. The van der Waals surface area contributed by atoms with Crippen LogP contribution in [0.3, 0.4) is 0 Å². The number of amides is 1. The number of esters is 1. The molecule has 0 radical (unpaired) electrons. The third-order valence-electron chi connectivity index (χ3n) is 3.08. The van der Waals surface area contributed by atoms with E-state index in [0.717, 1.165) is 12.1 Å². The predicted octanol–water partition coefficient (Wildman–Crippen LogP) is 2.73. The van der Waals surface area contributed by atoms with Gasteiger partial charge in [-0.3, -0.25) is 9.59 Å². The van der Waals surface area contributed by atoms with E-state index in [4.69, 9.17) is 9.47 Å². The lowest BCUT2D eigenvalue weighted by atomic mass is 10.1. The average Bonchev–Trinajstić information content (AvgIpc) is 2.61. The molecule has 1 N–H and O–H groups in total. The fourth-order valence-corrected chi connectivity index (χ4v) is 1.84. The van der Waals surface area contributed by atoms with Crippen LogP contribution in [0, 0.1) is 5.82 Å². The minimum absolute atomic E-state index is 0.00917. The second kappa shape index (κ2) is 9.17. The van der Waals surface area contributed by atoms with Crippen LogP contribution >= 0.6 is 0 Å². The first-order chi connectivity index (χ1) is 12.0. The van der Waals surface area contributed by atoms with Crippen LogP contribution in [0.25, 0.3) is 0 Å². The molecule has 0 aliphatic heterocycles. The Labute approximate surface area is 143 Å². The largest absolute Gasteiger partial charge is 0.457 e. The summed E-state index contributed by atoms with van der Waals surface area (Å²) in [4.78, 5) is 34.8. The van der Waals surface area contributed by atoms with Crippen molar-refractivity contribution < 1.29 is 28.2 Å². The Morgan fingerprint density at radius 1 is 0.960 bits per heavy atom. The van der Waals surface area contributed by atoms with E-state index in [-0.39, 0.29) is 18.5 Å². The third kappa shape index (κ3) is 6.42. The summed E-state index contributed by atoms with van der Waals surface area (Å²) in [6.07, 6.45) is -0.804. The first-order valence-corrected chi connectivity index (χ1v) is 7.50. The molecule has 25 heavy (non-hydrogen) atoms. The second-order valence-corrected chi connectivity index (χ2v) is 4.97. The van der Waals surface area contributed by atoms with E-state index >= 15 is 0 Å². The SMILES string of the molecule is O=C(CCNC(=O)Oc1ccccc1)OCC(=O)c1ccc(F)cc1. The Balaban J connectivity index is 1.64. The highest BCUT2D eigenvalue weighted by atomic mass is 19.1. The number of hydrogen-bond acceptors (Lipinski definition) is 5. The number of rotatable bonds is 7. The summed E-state index contributed by atoms with van der Waals surface area (Å²) in [5.74, 6) is -1.16. The molecule has 0 aliphatic rings. The molecule has 0 saturated heterocycles. The maximum absolute atomic E-state index is 12.8. The molecule has 0 heterocycles. The molecule has 0 fully saturated rings. The van der Waals surface area contributed by atoms with Crippen molar-refractivity contribution in [3.8, 4) is 5.75 Å². The van der Waals surface area contributed by atoms with Crippen molar-refractivity contribution in [1.29, 1.82) is 0 Å². The van der Waals surface area contributed by atoms with Gasteiger partial charge in [-0.05, 0) is 36.4 Å². The molecular formula is C18H16FNO5. The van der Waals surface area contributed by atoms with E-state index in [1.807, 2.05) is 0 Å². The summed E-state index contributed by atoms with van der Waals surface area (Å²) < 4.78 is 22.6. The summed E-state index contributed by atoms with van der Waals surface area (Å²) in [7, 11) is 0. The average molecular weight is 345 g/mol. The van der Waals surface area contributed by atoms with E-state index in [0.29, 0.717) is 5.75 Å². The molecular weight excluding hydrogens is 329 g/mol. The molecule has 0 aromatic heterocycles. The van der Waals surface area contributed by atoms with Crippen LogP contribution in [0.1, 0.15) is 16.8 Å². The van der Waals surface area contributed by atoms with Crippen LogP contribution in [0.2, 0.25) is 0 Å². The van der Waals surface area contributed by atoms with Gasteiger partial charge in [0, 0.05) is 12.1 Å². The number of hydrogen-bond donors (Lipinski definition) is 1. The first-order valence-electron chi connectivity index (χ1n) is 7.50. The molecule has 1 amide bonds. The Bertz CT molecular complexity index is 731. The number of ether oxygens (including phenoxy) is 2. The van der Waals surface area contributed by atoms with Gasteiger partial charge >= 0.3 is 12.1 Å². The quantitative estimate of drug-likeness (QED) is 0.616. The second-order valence-electron chi connectivity index (χ2n) is 4.97. The molecule has 2 aromatic rings. The molecule has 0 atom stereocenters. The van der Waals surface area contributed by atoms with Gasteiger partial charge in [0.25, 0.3) is 0 Å². The van der Waals surface area contributed by atoms with E-state index in [9.17, 15) is 18.8 Å². The standard InChI is InChI=1S/C18H16FNO5/c19-14-8-6-13(7-9-14)16(21)12-24-17(22)10-11-20-18(23)25-15-4-2-1-3-5-15/h1-9H,10-12H2,(H,20,23). The number of Topliss-reactive ketones (excluding diaryl/α,β-unsaturated/α-hetero) is 1. The summed E-state index contributed by atoms with van der Waals surface area (Å²) in [5.41, 5.74) is 0.249. The normalized spacial score (nSPS) is 9.96. The van der Waals surface area contributed by atoms with Crippen LogP contribution in [0.4, 0.5) is 9.18 Å². The van der Waals surface area contributed by atoms with Gasteiger partial charge in [-0.25, -0.2) is 9.18 Å². The van der Waals surface area contributed by atoms with Crippen LogP contribution < -0.4 is 10.1 Å².